The number of rotatable bonds is 6. The van der Waals surface area contributed by atoms with E-state index in [4.69, 9.17) is 9.73 Å². The van der Waals surface area contributed by atoms with Gasteiger partial charge in [-0.25, -0.2) is 9.67 Å². The molecule has 158 valence electrons. The Bertz CT molecular complexity index is 657. The van der Waals surface area contributed by atoms with E-state index in [1.165, 1.54) is 0 Å². The van der Waals surface area contributed by atoms with Crippen molar-refractivity contribution in [2.75, 3.05) is 32.8 Å². The molecule has 2 N–H and O–H groups in total. The van der Waals surface area contributed by atoms with Crippen molar-refractivity contribution >= 4 is 5.96 Å². The van der Waals surface area contributed by atoms with Crippen LogP contribution in [-0.2, 0) is 17.7 Å². The molecule has 0 bridgehead atoms. The van der Waals surface area contributed by atoms with Crippen LogP contribution in [0.15, 0.2) is 4.99 Å². The molecular weight excluding hydrogens is 354 g/mol. The molecule has 8 nitrogen and oxygen atoms in total. The highest BCUT2D eigenvalue weighted by Gasteiger charge is 2.25. The Hall–Kier alpha value is -1.67. The van der Waals surface area contributed by atoms with Crippen molar-refractivity contribution in [1.82, 2.24) is 30.3 Å². The van der Waals surface area contributed by atoms with Gasteiger partial charge in [-0.05, 0) is 27.2 Å². The van der Waals surface area contributed by atoms with E-state index in [9.17, 15) is 0 Å². The number of hydrogen-bond donors (Lipinski definition) is 2. The first-order valence-corrected chi connectivity index (χ1v) is 10.8. The van der Waals surface area contributed by atoms with E-state index in [0.29, 0.717) is 24.0 Å². The fraction of sp³-hybridized carbons (Fsp3) is 0.850. The summed E-state index contributed by atoms with van der Waals surface area (Å²) in [4.78, 5) is 12.0. The van der Waals surface area contributed by atoms with E-state index in [1.54, 1.807) is 0 Å². The van der Waals surface area contributed by atoms with Crippen LogP contribution in [0.4, 0.5) is 0 Å². The van der Waals surface area contributed by atoms with Gasteiger partial charge in [-0.3, -0.25) is 9.89 Å². The number of guanidine groups is 1. The lowest BCUT2D eigenvalue weighted by molar-refractivity contribution is -0.0165. The Morgan fingerprint density at radius 2 is 2.18 bits per heavy atom. The number of nitrogens with zero attached hydrogens (tertiary/aromatic N) is 5. The molecule has 28 heavy (non-hydrogen) atoms. The SMILES string of the molecule is CCNC(=NCC(C)N1CCOCC1C)NC1CCc2nc(C(C)C)nn2C1. The summed E-state index contributed by atoms with van der Waals surface area (Å²) in [7, 11) is 0. The first kappa shape index (κ1) is 21.0. The normalized spacial score (nSPS) is 24.9. The average molecular weight is 392 g/mol. The Morgan fingerprint density at radius 1 is 1.36 bits per heavy atom. The molecule has 0 amide bonds. The zero-order valence-electron chi connectivity index (χ0n) is 18.1. The predicted octanol–water partition coefficient (Wildman–Crippen LogP) is 1.38. The third-order valence-electron chi connectivity index (χ3n) is 5.57. The second-order valence-corrected chi connectivity index (χ2v) is 8.33. The molecule has 3 unspecified atom stereocenters. The fourth-order valence-electron chi connectivity index (χ4n) is 3.93. The van der Waals surface area contributed by atoms with Gasteiger partial charge in [0.1, 0.15) is 5.82 Å². The third-order valence-corrected chi connectivity index (χ3v) is 5.57. The molecule has 0 radical (unpaired) electrons. The van der Waals surface area contributed by atoms with Gasteiger partial charge in [0.05, 0.1) is 26.3 Å². The topological polar surface area (TPSA) is 79.6 Å². The van der Waals surface area contributed by atoms with E-state index in [0.717, 1.165) is 69.8 Å². The van der Waals surface area contributed by atoms with Gasteiger partial charge in [-0.1, -0.05) is 13.8 Å². The Balaban J connectivity index is 1.58. The lowest BCUT2D eigenvalue weighted by atomic mass is 10.1. The number of morpholine rings is 1. The zero-order valence-corrected chi connectivity index (χ0v) is 18.1. The molecule has 0 aromatic carbocycles. The van der Waals surface area contributed by atoms with Crippen LogP contribution in [0, 0.1) is 0 Å². The van der Waals surface area contributed by atoms with Gasteiger partial charge in [0.25, 0.3) is 0 Å². The van der Waals surface area contributed by atoms with E-state index in [1.807, 2.05) is 0 Å². The standard InChI is InChI=1S/C20H37N7O/c1-6-21-20(22-11-15(4)26-9-10-28-13-16(26)5)23-17-7-8-18-24-19(14(2)3)25-27(18)12-17/h14-17H,6-13H2,1-5H3,(H2,21,22,23). The first-order valence-electron chi connectivity index (χ1n) is 10.8. The maximum atomic E-state index is 5.56. The van der Waals surface area contributed by atoms with Crippen LogP contribution in [0.25, 0.3) is 0 Å². The molecule has 2 aliphatic rings. The summed E-state index contributed by atoms with van der Waals surface area (Å²) < 4.78 is 7.62. The van der Waals surface area contributed by atoms with E-state index in [-0.39, 0.29) is 0 Å². The Morgan fingerprint density at radius 3 is 2.89 bits per heavy atom. The minimum atomic E-state index is 0.324. The number of hydrogen-bond acceptors (Lipinski definition) is 5. The van der Waals surface area contributed by atoms with Crippen molar-refractivity contribution in [3.8, 4) is 0 Å². The highest BCUT2D eigenvalue weighted by Crippen LogP contribution is 2.17. The Kier molecular flexibility index (Phi) is 7.29. The van der Waals surface area contributed by atoms with Crippen molar-refractivity contribution < 1.29 is 4.74 Å². The Labute approximate surface area is 169 Å². The molecule has 1 aromatic rings. The third kappa shape index (κ3) is 5.23. The van der Waals surface area contributed by atoms with Crippen molar-refractivity contribution in [2.24, 2.45) is 4.99 Å². The van der Waals surface area contributed by atoms with Crippen LogP contribution in [0.5, 0.6) is 0 Å². The molecule has 8 heteroatoms. The minimum Gasteiger partial charge on any atom is -0.379 e. The summed E-state index contributed by atoms with van der Waals surface area (Å²) >= 11 is 0. The molecule has 0 saturated carbocycles. The summed E-state index contributed by atoms with van der Waals surface area (Å²) in [6.07, 6.45) is 2.01. The molecule has 1 fully saturated rings. The van der Waals surface area contributed by atoms with Crippen molar-refractivity contribution in [3.63, 3.8) is 0 Å². The molecule has 0 spiro atoms. The van der Waals surface area contributed by atoms with Crippen molar-refractivity contribution in [3.05, 3.63) is 11.6 Å². The zero-order chi connectivity index (χ0) is 20.1. The van der Waals surface area contributed by atoms with Crippen molar-refractivity contribution in [1.29, 1.82) is 0 Å². The summed E-state index contributed by atoms with van der Waals surface area (Å²) in [5, 5.41) is 11.7. The monoisotopic (exact) mass is 391 g/mol. The summed E-state index contributed by atoms with van der Waals surface area (Å²) in [6, 6.07) is 1.18. The number of fused-ring (bicyclic) bond motifs is 1. The molecule has 3 atom stereocenters. The smallest absolute Gasteiger partial charge is 0.191 e. The molecule has 1 saturated heterocycles. The lowest BCUT2D eigenvalue weighted by Crippen LogP contribution is -2.50. The average Bonchev–Trinajstić information content (AvgIpc) is 3.10. The van der Waals surface area contributed by atoms with Gasteiger partial charge in [-0.15, -0.1) is 0 Å². The van der Waals surface area contributed by atoms with Gasteiger partial charge >= 0.3 is 0 Å². The van der Waals surface area contributed by atoms with Gasteiger partial charge < -0.3 is 15.4 Å². The second-order valence-electron chi connectivity index (χ2n) is 8.33. The molecule has 3 heterocycles. The van der Waals surface area contributed by atoms with Crippen LogP contribution < -0.4 is 10.6 Å². The minimum absolute atomic E-state index is 0.324. The molecule has 2 aliphatic heterocycles. The molecular formula is C20H37N7O. The predicted molar refractivity (Wildman–Crippen MR) is 112 cm³/mol. The van der Waals surface area contributed by atoms with Crippen LogP contribution in [-0.4, -0.2) is 76.6 Å². The summed E-state index contributed by atoms with van der Waals surface area (Å²) in [6.45, 7) is 16.0. The second kappa shape index (κ2) is 9.69. The highest BCUT2D eigenvalue weighted by atomic mass is 16.5. The first-order chi connectivity index (χ1) is 13.5. The van der Waals surface area contributed by atoms with E-state index >= 15 is 0 Å². The van der Waals surface area contributed by atoms with Crippen LogP contribution >= 0.6 is 0 Å². The summed E-state index contributed by atoms with van der Waals surface area (Å²) in [5.41, 5.74) is 0. The van der Waals surface area contributed by atoms with Crippen LogP contribution in [0.3, 0.4) is 0 Å². The molecule has 1 aromatic heterocycles. The number of ether oxygens (including phenoxy) is 1. The van der Waals surface area contributed by atoms with Gasteiger partial charge in [0.2, 0.25) is 0 Å². The quantitative estimate of drug-likeness (QED) is 0.563. The van der Waals surface area contributed by atoms with Gasteiger partial charge in [-0.2, -0.15) is 5.10 Å². The fourth-order valence-corrected chi connectivity index (χ4v) is 3.93. The summed E-state index contributed by atoms with van der Waals surface area (Å²) in [5.74, 6) is 3.32. The number of aromatic nitrogens is 3. The highest BCUT2D eigenvalue weighted by molar-refractivity contribution is 5.80. The van der Waals surface area contributed by atoms with Crippen LogP contribution in [0.1, 0.15) is 58.6 Å². The van der Waals surface area contributed by atoms with Crippen LogP contribution in [0.2, 0.25) is 0 Å². The lowest BCUT2D eigenvalue weighted by Gasteiger charge is -2.37. The van der Waals surface area contributed by atoms with Gasteiger partial charge in [0, 0.05) is 43.6 Å². The maximum absolute atomic E-state index is 5.56. The molecule has 3 rings (SSSR count). The van der Waals surface area contributed by atoms with E-state index < -0.39 is 0 Å². The maximum Gasteiger partial charge on any atom is 0.191 e. The van der Waals surface area contributed by atoms with Crippen molar-refractivity contribution in [2.45, 2.75) is 78.0 Å². The largest absolute Gasteiger partial charge is 0.379 e. The number of nitrogens with one attached hydrogen (secondary N) is 2. The van der Waals surface area contributed by atoms with Gasteiger partial charge in [0.15, 0.2) is 11.8 Å². The number of aliphatic imine (C=N–C) groups is 1. The van der Waals surface area contributed by atoms with E-state index in [2.05, 4.69) is 64.9 Å². The number of aryl methyl sites for hydroxylation is 1. The molecule has 0 aliphatic carbocycles.